The Balaban J connectivity index is 2.11. The van der Waals surface area contributed by atoms with Crippen LogP contribution in [0.5, 0.6) is 0 Å². The van der Waals surface area contributed by atoms with Crippen molar-refractivity contribution in [2.24, 2.45) is 5.73 Å². The SMILES string of the molecule is CC(CCN(C)C)n1ccc2c1CCCC2N. The zero-order valence-corrected chi connectivity index (χ0v) is 11.3. The molecular weight excluding hydrogens is 210 g/mol. The monoisotopic (exact) mass is 235 g/mol. The topological polar surface area (TPSA) is 34.2 Å². The Bertz CT molecular complexity index is 368. The second-order valence-corrected chi connectivity index (χ2v) is 5.56. The summed E-state index contributed by atoms with van der Waals surface area (Å²) in [5.41, 5.74) is 9.02. The van der Waals surface area contributed by atoms with Gasteiger partial charge in [0.15, 0.2) is 0 Å². The van der Waals surface area contributed by atoms with Gasteiger partial charge >= 0.3 is 0 Å². The van der Waals surface area contributed by atoms with Crippen LogP contribution in [0.4, 0.5) is 0 Å². The first-order valence-electron chi connectivity index (χ1n) is 6.69. The molecular formula is C14H25N3. The average Bonchev–Trinajstić information content (AvgIpc) is 2.71. The Kier molecular flexibility index (Phi) is 3.89. The van der Waals surface area contributed by atoms with E-state index in [-0.39, 0.29) is 6.04 Å². The first kappa shape index (κ1) is 12.7. The second-order valence-electron chi connectivity index (χ2n) is 5.56. The van der Waals surface area contributed by atoms with Crippen LogP contribution in [0.1, 0.15) is 49.5 Å². The molecule has 1 aromatic heterocycles. The average molecular weight is 235 g/mol. The number of fused-ring (bicyclic) bond motifs is 1. The predicted octanol–water partition coefficient (Wildman–Crippen LogP) is 2.34. The summed E-state index contributed by atoms with van der Waals surface area (Å²) >= 11 is 0. The van der Waals surface area contributed by atoms with Crippen molar-refractivity contribution in [3.05, 3.63) is 23.5 Å². The molecule has 17 heavy (non-hydrogen) atoms. The van der Waals surface area contributed by atoms with Crippen molar-refractivity contribution >= 4 is 0 Å². The van der Waals surface area contributed by atoms with E-state index in [4.69, 9.17) is 5.73 Å². The molecule has 0 aromatic carbocycles. The fourth-order valence-corrected chi connectivity index (χ4v) is 2.75. The summed E-state index contributed by atoms with van der Waals surface area (Å²) < 4.78 is 2.44. The number of aromatic nitrogens is 1. The second kappa shape index (κ2) is 5.23. The normalized spacial score (nSPS) is 21.6. The van der Waals surface area contributed by atoms with Gasteiger partial charge in [0.1, 0.15) is 0 Å². The standard InChI is InChI=1S/C14H25N3/c1-11(7-9-16(2)3)17-10-8-12-13(15)5-4-6-14(12)17/h8,10-11,13H,4-7,9,15H2,1-3H3. The first-order valence-corrected chi connectivity index (χ1v) is 6.69. The third-order valence-electron chi connectivity index (χ3n) is 3.86. The van der Waals surface area contributed by atoms with Gasteiger partial charge in [-0.2, -0.15) is 0 Å². The molecule has 0 radical (unpaired) electrons. The van der Waals surface area contributed by atoms with Crippen LogP contribution in [-0.4, -0.2) is 30.1 Å². The third-order valence-corrected chi connectivity index (χ3v) is 3.86. The van der Waals surface area contributed by atoms with Crippen LogP contribution in [0.15, 0.2) is 12.3 Å². The van der Waals surface area contributed by atoms with Crippen LogP contribution in [0.2, 0.25) is 0 Å². The number of nitrogens with two attached hydrogens (primary N) is 1. The maximum absolute atomic E-state index is 6.16. The maximum Gasteiger partial charge on any atom is 0.0317 e. The minimum Gasteiger partial charge on any atom is -0.348 e. The van der Waals surface area contributed by atoms with Gasteiger partial charge in [-0.3, -0.25) is 0 Å². The van der Waals surface area contributed by atoms with Crippen LogP contribution in [-0.2, 0) is 6.42 Å². The summed E-state index contributed by atoms with van der Waals surface area (Å²) in [6, 6.07) is 3.07. The van der Waals surface area contributed by atoms with Crippen molar-refractivity contribution in [2.75, 3.05) is 20.6 Å². The highest BCUT2D eigenvalue weighted by atomic mass is 15.1. The Hall–Kier alpha value is -0.800. The molecule has 3 nitrogen and oxygen atoms in total. The van der Waals surface area contributed by atoms with Crippen LogP contribution in [0, 0.1) is 0 Å². The smallest absolute Gasteiger partial charge is 0.0317 e. The van der Waals surface area contributed by atoms with E-state index in [9.17, 15) is 0 Å². The summed E-state index contributed by atoms with van der Waals surface area (Å²) in [5.74, 6) is 0. The third kappa shape index (κ3) is 2.72. The van der Waals surface area contributed by atoms with Crippen LogP contribution in [0.3, 0.4) is 0 Å². The highest BCUT2D eigenvalue weighted by Gasteiger charge is 2.21. The zero-order valence-electron chi connectivity index (χ0n) is 11.3. The molecule has 0 fully saturated rings. The minimum atomic E-state index is 0.265. The van der Waals surface area contributed by atoms with E-state index >= 15 is 0 Å². The number of nitrogens with zero attached hydrogens (tertiary/aromatic N) is 2. The molecule has 0 spiro atoms. The summed E-state index contributed by atoms with van der Waals surface area (Å²) in [6.07, 6.45) is 7.00. The fraction of sp³-hybridized carbons (Fsp3) is 0.714. The van der Waals surface area contributed by atoms with E-state index in [0.717, 1.165) is 13.0 Å². The van der Waals surface area contributed by atoms with E-state index in [1.54, 1.807) is 0 Å². The Labute approximate surface area is 105 Å². The van der Waals surface area contributed by atoms with Crippen molar-refractivity contribution < 1.29 is 0 Å². The largest absolute Gasteiger partial charge is 0.348 e. The molecule has 1 aliphatic rings. The summed E-state index contributed by atoms with van der Waals surface area (Å²) in [7, 11) is 4.27. The van der Waals surface area contributed by atoms with Gasteiger partial charge < -0.3 is 15.2 Å². The molecule has 0 bridgehead atoms. The molecule has 0 aliphatic heterocycles. The maximum atomic E-state index is 6.16. The predicted molar refractivity (Wildman–Crippen MR) is 72.2 cm³/mol. The summed E-state index contributed by atoms with van der Waals surface area (Å²) in [4.78, 5) is 2.25. The lowest BCUT2D eigenvalue weighted by Crippen LogP contribution is -2.21. The molecule has 2 N–H and O–H groups in total. The Morgan fingerprint density at radius 2 is 2.29 bits per heavy atom. The first-order chi connectivity index (χ1) is 8.09. The fourth-order valence-electron chi connectivity index (χ4n) is 2.75. The molecule has 1 aliphatic carbocycles. The van der Waals surface area contributed by atoms with Gasteiger partial charge in [-0.05, 0) is 64.9 Å². The van der Waals surface area contributed by atoms with Gasteiger partial charge in [-0.25, -0.2) is 0 Å². The Morgan fingerprint density at radius 3 is 3.00 bits per heavy atom. The molecule has 2 atom stereocenters. The molecule has 96 valence electrons. The molecule has 0 saturated carbocycles. The number of hydrogen-bond donors (Lipinski definition) is 1. The quantitative estimate of drug-likeness (QED) is 0.869. The van der Waals surface area contributed by atoms with Gasteiger partial charge in [0.2, 0.25) is 0 Å². The molecule has 0 saturated heterocycles. The van der Waals surface area contributed by atoms with E-state index in [1.807, 2.05) is 0 Å². The lowest BCUT2D eigenvalue weighted by molar-refractivity contribution is 0.353. The minimum absolute atomic E-state index is 0.265. The van der Waals surface area contributed by atoms with Gasteiger partial charge in [-0.1, -0.05) is 0 Å². The van der Waals surface area contributed by atoms with Crippen molar-refractivity contribution in [1.82, 2.24) is 9.47 Å². The lowest BCUT2D eigenvalue weighted by Gasteiger charge is -2.24. The molecule has 3 heteroatoms. The van der Waals surface area contributed by atoms with Crippen molar-refractivity contribution in [2.45, 2.75) is 44.7 Å². The van der Waals surface area contributed by atoms with Gasteiger partial charge in [-0.15, -0.1) is 0 Å². The molecule has 0 amide bonds. The van der Waals surface area contributed by atoms with Crippen LogP contribution >= 0.6 is 0 Å². The molecule has 1 aromatic rings. The molecule has 2 rings (SSSR count). The van der Waals surface area contributed by atoms with E-state index < -0.39 is 0 Å². The van der Waals surface area contributed by atoms with Crippen molar-refractivity contribution in [3.8, 4) is 0 Å². The summed E-state index contributed by atoms with van der Waals surface area (Å²) in [6.45, 7) is 3.45. The molecule has 2 unspecified atom stereocenters. The van der Waals surface area contributed by atoms with Crippen molar-refractivity contribution in [3.63, 3.8) is 0 Å². The summed E-state index contributed by atoms with van der Waals surface area (Å²) in [5, 5.41) is 0. The lowest BCUT2D eigenvalue weighted by atomic mass is 9.93. The highest BCUT2D eigenvalue weighted by Crippen LogP contribution is 2.31. The molecule has 1 heterocycles. The van der Waals surface area contributed by atoms with Crippen LogP contribution < -0.4 is 5.73 Å². The van der Waals surface area contributed by atoms with Crippen molar-refractivity contribution in [1.29, 1.82) is 0 Å². The van der Waals surface area contributed by atoms with E-state index in [1.165, 1.54) is 30.5 Å². The van der Waals surface area contributed by atoms with Crippen LogP contribution in [0.25, 0.3) is 0 Å². The van der Waals surface area contributed by atoms with E-state index in [0.29, 0.717) is 6.04 Å². The van der Waals surface area contributed by atoms with Gasteiger partial charge in [0.25, 0.3) is 0 Å². The highest BCUT2D eigenvalue weighted by molar-refractivity contribution is 5.28. The number of rotatable bonds is 4. The number of hydrogen-bond acceptors (Lipinski definition) is 2. The van der Waals surface area contributed by atoms with E-state index in [2.05, 4.69) is 42.7 Å². The zero-order chi connectivity index (χ0) is 12.4. The van der Waals surface area contributed by atoms with Gasteiger partial charge in [0.05, 0.1) is 0 Å². The Morgan fingerprint density at radius 1 is 1.53 bits per heavy atom. The van der Waals surface area contributed by atoms with Gasteiger partial charge in [0, 0.05) is 24.0 Å².